The van der Waals surface area contributed by atoms with Crippen LogP contribution in [-0.4, -0.2) is 28.6 Å². The van der Waals surface area contributed by atoms with Gasteiger partial charge in [-0.3, -0.25) is 19.8 Å². The number of hydrogen-bond acceptors (Lipinski definition) is 5. The van der Waals surface area contributed by atoms with Crippen molar-refractivity contribution in [3.05, 3.63) is 0 Å². The topological polar surface area (TPSA) is 119 Å². The van der Waals surface area contributed by atoms with Crippen LogP contribution in [0.2, 0.25) is 0 Å². The SMILES string of the molecule is CC(C)(C)OC(=O)C(CC(=O)O)C(=O)NN. The first-order valence-corrected chi connectivity index (χ1v) is 4.62. The summed E-state index contributed by atoms with van der Waals surface area (Å²) in [5.74, 6) is 0.360. The van der Waals surface area contributed by atoms with E-state index in [1.54, 1.807) is 26.2 Å². The Morgan fingerprint density at radius 3 is 2.19 bits per heavy atom. The Morgan fingerprint density at radius 1 is 1.38 bits per heavy atom. The number of carboxylic acid groups (broad SMARTS) is 1. The van der Waals surface area contributed by atoms with E-state index >= 15 is 0 Å². The lowest BCUT2D eigenvalue weighted by atomic mass is 10.0. The molecule has 0 heterocycles. The fraction of sp³-hybridized carbons (Fsp3) is 0.667. The number of rotatable bonds is 4. The Labute approximate surface area is 92.9 Å². The van der Waals surface area contributed by atoms with Crippen LogP contribution in [-0.2, 0) is 19.1 Å². The summed E-state index contributed by atoms with van der Waals surface area (Å²) < 4.78 is 4.91. The summed E-state index contributed by atoms with van der Waals surface area (Å²) in [4.78, 5) is 33.1. The molecular weight excluding hydrogens is 216 g/mol. The van der Waals surface area contributed by atoms with Crippen LogP contribution in [0.15, 0.2) is 0 Å². The van der Waals surface area contributed by atoms with Gasteiger partial charge in [0.25, 0.3) is 0 Å². The fourth-order valence-corrected chi connectivity index (χ4v) is 0.931. The third-order valence-electron chi connectivity index (χ3n) is 1.53. The molecule has 0 bridgehead atoms. The number of esters is 1. The number of ether oxygens (including phenoxy) is 1. The molecule has 92 valence electrons. The predicted octanol–water partition coefficient (Wildman–Crippen LogP) is -0.591. The van der Waals surface area contributed by atoms with Gasteiger partial charge in [-0.1, -0.05) is 0 Å². The van der Waals surface area contributed by atoms with E-state index in [-0.39, 0.29) is 0 Å². The van der Waals surface area contributed by atoms with Gasteiger partial charge in [-0.25, -0.2) is 5.84 Å². The summed E-state index contributed by atoms with van der Waals surface area (Å²) >= 11 is 0. The van der Waals surface area contributed by atoms with E-state index in [4.69, 9.17) is 15.7 Å². The summed E-state index contributed by atoms with van der Waals surface area (Å²) in [6, 6.07) is 0. The standard InChI is InChI=1S/C9H16N2O5/c1-9(2,3)16-8(15)5(4-6(12)13)7(14)11-10/h5H,4,10H2,1-3H3,(H,11,14)(H,12,13). The van der Waals surface area contributed by atoms with Gasteiger partial charge < -0.3 is 9.84 Å². The summed E-state index contributed by atoms with van der Waals surface area (Å²) in [6.45, 7) is 4.84. The third kappa shape index (κ3) is 5.30. The second kappa shape index (κ2) is 5.45. The molecule has 0 aliphatic rings. The Hall–Kier alpha value is -1.63. The zero-order valence-electron chi connectivity index (χ0n) is 9.44. The molecule has 0 fully saturated rings. The number of carbonyl (C=O) groups is 3. The van der Waals surface area contributed by atoms with E-state index in [1.807, 2.05) is 0 Å². The first-order valence-electron chi connectivity index (χ1n) is 4.62. The lowest BCUT2D eigenvalue weighted by molar-refractivity contribution is -0.165. The smallest absolute Gasteiger partial charge is 0.319 e. The molecule has 0 aromatic heterocycles. The number of nitrogens with one attached hydrogen (secondary N) is 1. The van der Waals surface area contributed by atoms with Gasteiger partial charge in [-0.05, 0) is 20.8 Å². The Balaban J connectivity index is 4.70. The van der Waals surface area contributed by atoms with E-state index in [1.165, 1.54) is 0 Å². The largest absolute Gasteiger partial charge is 0.481 e. The van der Waals surface area contributed by atoms with Gasteiger partial charge >= 0.3 is 11.9 Å². The summed E-state index contributed by atoms with van der Waals surface area (Å²) in [5.41, 5.74) is 0.945. The maximum atomic E-state index is 11.5. The molecule has 16 heavy (non-hydrogen) atoms. The van der Waals surface area contributed by atoms with Crippen LogP contribution < -0.4 is 11.3 Å². The van der Waals surface area contributed by atoms with Crippen molar-refractivity contribution >= 4 is 17.8 Å². The highest BCUT2D eigenvalue weighted by atomic mass is 16.6. The van der Waals surface area contributed by atoms with Crippen molar-refractivity contribution in [1.29, 1.82) is 0 Å². The molecule has 0 spiro atoms. The van der Waals surface area contributed by atoms with E-state index in [0.29, 0.717) is 0 Å². The second-order valence-corrected chi connectivity index (χ2v) is 4.19. The number of amides is 1. The Bertz CT molecular complexity index is 295. The van der Waals surface area contributed by atoms with Crippen LogP contribution in [0, 0.1) is 5.92 Å². The lowest BCUT2D eigenvalue weighted by Crippen LogP contribution is -2.42. The highest BCUT2D eigenvalue weighted by Crippen LogP contribution is 2.14. The molecule has 0 aliphatic heterocycles. The zero-order valence-corrected chi connectivity index (χ0v) is 9.44. The van der Waals surface area contributed by atoms with Crippen molar-refractivity contribution in [2.45, 2.75) is 32.8 Å². The lowest BCUT2D eigenvalue weighted by Gasteiger charge is -2.22. The van der Waals surface area contributed by atoms with Crippen molar-refractivity contribution in [1.82, 2.24) is 5.43 Å². The molecule has 1 atom stereocenters. The minimum absolute atomic E-state index is 0.655. The molecule has 7 heteroatoms. The first kappa shape index (κ1) is 14.4. The van der Waals surface area contributed by atoms with Gasteiger partial charge in [0.15, 0.2) is 0 Å². The molecule has 0 saturated heterocycles. The van der Waals surface area contributed by atoms with E-state index in [9.17, 15) is 14.4 Å². The first-order chi connectivity index (χ1) is 7.17. The van der Waals surface area contributed by atoms with Gasteiger partial charge in [0.05, 0.1) is 6.42 Å². The molecular formula is C9H16N2O5. The molecule has 1 unspecified atom stereocenters. The Kier molecular flexibility index (Phi) is 4.90. The number of nitrogens with two attached hydrogens (primary N) is 1. The second-order valence-electron chi connectivity index (χ2n) is 4.19. The minimum Gasteiger partial charge on any atom is -0.481 e. The molecule has 1 amide bonds. The number of hydrogen-bond donors (Lipinski definition) is 3. The predicted molar refractivity (Wildman–Crippen MR) is 53.9 cm³/mol. The maximum Gasteiger partial charge on any atom is 0.319 e. The van der Waals surface area contributed by atoms with E-state index in [0.717, 1.165) is 0 Å². The average Bonchev–Trinajstić information content (AvgIpc) is 2.09. The molecule has 0 rings (SSSR count). The number of aliphatic carboxylic acids is 1. The number of carboxylic acids is 1. The van der Waals surface area contributed by atoms with Gasteiger partial charge in [0.1, 0.15) is 11.5 Å². The van der Waals surface area contributed by atoms with Gasteiger partial charge in [-0.2, -0.15) is 0 Å². The highest BCUT2D eigenvalue weighted by Gasteiger charge is 2.32. The zero-order chi connectivity index (χ0) is 12.9. The number of carbonyl (C=O) groups excluding carboxylic acids is 2. The maximum absolute atomic E-state index is 11.5. The molecule has 0 saturated carbocycles. The van der Waals surface area contributed by atoms with Crippen LogP contribution >= 0.6 is 0 Å². The van der Waals surface area contributed by atoms with Crippen molar-refractivity contribution in [3.8, 4) is 0 Å². The highest BCUT2D eigenvalue weighted by molar-refractivity contribution is 6.00. The minimum atomic E-state index is -1.43. The molecule has 4 N–H and O–H groups in total. The van der Waals surface area contributed by atoms with Crippen LogP contribution in [0.4, 0.5) is 0 Å². The third-order valence-corrected chi connectivity index (χ3v) is 1.53. The molecule has 0 radical (unpaired) electrons. The van der Waals surface area contributed by atoms with Gasteiger partial charge in [-0.15, -0.1) is 0 Å². The molecule has 7 nitrogen and oxygen atoms in total. The van der Waals surface area contributed by atoms with Crippen LogP contribution in [0.3, 0.4) is 0 Å². The van der Waals surface area contributed by atoms with Crippen molar-refractivity contribution in [3.63, 3.8) is 0 Å². The van der Waals surface area contributed by atoms with Gasteiger partial charge in [0.2, 0.25) is 5.91 Å². The fourth-order valence-electron chi connectivity index (χ4n) is 0.931. The van der Waals surface area contributed by atoms with Crippen LogP contribution in [0.5, 0.6) is 0 Å². The molecule has 0 aliphatic carbocycles. The van der Waals surface area contributed by atoms with Crippen molar-refractivity contribution in [2.24, 2.45) is 11.8 Å². The molecule has 0 aromatic rings. The van der Waals surface area contributed by atoms with E-state index < -0.39 is 35.8 Å². The molecule has 0 aromatic carbocycles. The summed E-state index contributed by atoms with van der Waals surface area (Å²) in [5, 5.41) is 8.55. The normalized spacial score (nSPS) is 12.8. The Morgan fingerprint density at radius 2 is 1.88 bits per heavy atom. The van der Waals surface area contributed by atoms with Crippen LogP contribution in [0.1, 0.15) is 27.2 Å². The summed E-state index contributed by atoms with van der Waals surface area (Å²) in [6.07, 6.45) is -0.655. The quantitative estimate of drug-likeness (QED) is 0.196. The van der Waals surface area contributed by atoms with E-state index in [2.05, 4.69) is 0 Å². The van der Waals surface area contributed by atoms with Crippen LogP contribution in [0.25, 0.3) is 0 Å². The summed E-state index contributed by atoms with van der Waals surface area (Å²) in [7, 11) is 0. The average molecular weight is 232 g/mol. The van der Waals surface area contributed by atoms with Crippen molar-refractivity contribution in [2.75, 3.05) is 0 Å². The van der Waals surface area contributed by atoms with Crippen molar-refractivity contribution < 1.29 is 24.2 Å². The number of hydrazine groups is 1. The van der Waals surface area contributed by atoms with Gasteiger partial charge in [0, 0.05) is 0 Å². The monoisotopic (exact) mass is 232 g/mol.